The van der Waals surface area contributed by atoms with E-state index in [2.05, 4.69) is 5.32 Å². The van der Waals surface area contributed by atoms with Crippen LogP contribution in [0.15, 0.2) is 60.7 Å². The first kappa shape index (κ1) is 28.0. The molecule has 0 amide bonds. The van der Waals surface area contributed by atoms with Gasteiger partial charge in [0.1, 0.15) is 29.7 Å². The summed E-state index contributed by atoms with van der Waals surface area (Å²) in [6.45, 7) is 0.965. The first-order chi connectivity index (χ1) is 19.7. The first-order valence-electron chi connectivity index (χ1n) is 14.1. The molecule has 2 aliphatic heterocycles. The topological polar surface area (TPSA) is 33.7 Å². The highest BCUT2D eigenvalue weighted by atomic mass is 19.4. The van der Waals surface area contributed by atoms with Crippen LogP contribution in [-0.4, -0.2) is 43.4 Å². The molecule has 1 saturated carbocycles. The van der Waals surface area contributed by atoms with Crippen LogP contribution >= 0.6 is 0 Å². The fourth-order valence-corrected chi connectivity index (χ4v) is 6.66. The molecule has 0 radical (unpaired) electrons. The second kappa shape index (κ2) is 11.2. The second-order valence-corrected chi connectivity index (χ2v) is 11.6. The molecule has 0 aromatic heterocycles. The van der Waals surface area contributed by atoms with E-state index in [1.54, 1.807) is 18.2 Å². The third kappa shape index (κ3) is 6.21. The largest absolute Gasteiger partial charge is 0.490 e. The lowest BCUT2D eigenvalue weighted by molar-refractivity contribution is -0.150. The van der Waals surface area contributed by atoms with E-state index < -0.39 is 36.0 Å². The number of alkyl halides is 3. The summed E-state index contributed by atoms with van der Waals surface area (Å²) in [4.78, 5) is 1.10. The van der Waals surface area contributed by atoms with Gasteiger partial charge >= 0.3 is 6.18 Å². The summed E-state index contributed by atoms with van der Waals surface area (Å²) in [7, 11) is 0. The zero-order valence-corrected chi connectivity index (χ0v) is 22.7. The maximum absolute atomic E-state index is 15.6. The SMILES string of the molecule is Fc1cc(OC2CC3(CCNCC3)C2)cc(F)c1C1c2ccc(OCc3ccccc3)cc2CCN1CC(F)(F)F. The van der Waals surface area contributed by atoms with Gasteiger partial charge in [0.25, 0.3) is 0 Å². The number of rotatable bonds is 7. The van der Waals surface area contributed by atoms with E-state index in [0.29, 0.717) is 29.9 Å². The van der Waals surface area contributed by atoms with Crippen molar-refractivity contribution in [2.24, 2.45) is 5.41 Å². The summed E-state index contributed by atoms with van der Waals surface area (Å²) in [5.74, 6) is -1.21. The van der Waals surface area contributed by atoms with Gasteiger partial charge in [-0.05, 0) is 79.4 Å². The zero-order chi connectivity index (χ0) is 28.6. The number of nitrogens with zero attached hydrogens (tertiary/aromatic N) is 1. The van der Waals surface area contributed by atoms with Gasteiger partial charge < -0.3 is 14.8 Å². The molecule has 1 N–H and O–H groups in total. The summed E-state index contributed by atoms with van der Waals surface area (Å²) in [5, 5.41) is 3.34. The Bertz CT molecular complexity index is 1340. The number of benzene rings is 3. The van der Waals surface area contributed by atoms with Gasteiger partial charge in [0.2, 0.25) is 0 Å². The van der Waals surface area contributed by atoms with Crippen molar-refractivity contribution in [1.29, 1.82) is 0 Å². The van der Waals surface area contributed by atoms with Crippen LogP contribution in [-0.2, 0) is 13.0 Å². The monoisotopic (exact) mass is 572 g/mol. The van der Waals surface area contributed by atoms with Crippen molar-refractivity contribution in [1.82, 2.24) is 10.2 Å². The van der Waals surface area contributed by atoms with E-state index in [1.807, 2.05) is 30.3 Å². The Morgan fingerprint density at radius 1 is 0.902 bits per heavy atom. The number of fused-ring (bicyclic) bond motifs is 1. The molecule has 4 nitrogen and oxygen atoms in total. The van der Waals surface area contributed by atoms with Gasteiger partial charge in [-0.1, -0.05) is 36.4 Å². The Morgan fingerprint density at radius 3 is 2.29 bits per heavy atom. The van der Waals surface area contributed by atoms with Gasteiger partial charge in [-0.15, -0.1) is 0 Å². The van der Waals surface area contributed by atoms with Gasteiger partial charge in [-0.3, -0.25) is 4.90 Å². The summed E-state index contributed by atoms with van der Waals surface area (Å²) in [6, 6.07) is 15.6. The Balaban J connectivity index is 1.25. The van der Waals surface area contributed by atoms with E-state index in [4.69, 9.17) is 9.47 Å². The van der Waals surface area contributed by atoms with Crippen LogP contribution in [0, 0.1) is 17.0 Å². The standard InChI is InChI=1S/C32H33F5N2O2/c33-27-15-24(41-25-17-31(18-25)9-11-38-12-10-31)16-28(34)29(27)30-26-7-6-23(40-19-21-4-2-1-3-5-21)14-22(26)8-13-39(30)20-32(35,36)37/h1-7,14-16,25,30,38H,8-13,17-20H2. The molecule has 0 bridgehead atoms. The first-order valence-corrected chi connectivity index (χ1v) is 14.1. The fraction of sp³-hybridized carbons (Fsp3) is 0.438. The summed E-state index contributed by atoms with van der Waals surface area (Å²) >= 11 is 0. The van der Waals surface area contributed by atoms with E-state index in [1.165, 1.54) is 0 Å². The number of hydrogen-bond donors (Lipinski definition) is 1. The van der Waals surface area contributed by atoms with Crippen molar-refractivity contribution in [3.05, 3.63) is 94.6 Å². The van der Waals surface area contributed by atoms with Crippen molar-refractivity contribution in [2.75, 3.05) is 26.2 Å². The van der Waals surface area contributed by atoms with Crippen molar-refractivity contribution in [2.45, 2.75) is 57.0 Å². The third-order valence-corrected chi connectivity index (χ3v) is 8.69. The molecule has 1 unspecified atom stereocenters. The third-order valence-electron chi connectivity index (χ3n) is 8.69. The maximum Gasteiger partial charge on any atom is 0.401 e. The van der Waals surface area contributed by atoms with Gasteiger partial charge in [0.05, 0.1) is 18.7 Å². The molecule has 6 rings (SSSR count). The van der Waals surface area contributed by atoms with Crippen LogP contribution in [0.1, 0.15) is 54.0 Å². The van der Waals surface area contributed by atoms with Gasteiger partial charge in [-0.2, -0.15) is 13.2 Å². The molecular formula is C32H33F5N2O2. The normalized spacial score (nSPS) is 20.9. The molecule has 1 atom stereocenters. The Labute approximate surface area is 236 Å². The summed E-state index contributed by atoms with van der Waals surface area (Å²) < 4.78 is 83.8. The van der Waals surface area contributed by atoms with Crippen molar-refractivity contribution >= 4 is 0 Å². The number of piperidine rings is 1. The van der Waals surface area contributed by atoms with Gasteiger partial charge in [-0.25, -0.2) is 8.78 Å². The molecule has 3 aromatic rings. The fourth-order valence-electron chi connectivity index (χ4n) is 6.66. The number of halogens is 5. The van der Waals surface area contributed by atoms with Gasteiger partial charge in [0, 0.05) is 24.2 Å². The van der Waals surface area contributed by atoms with Crippen LogP contribution in [0.3, 0.4) is 0 Å². The lowest BCUT2D eigenvalue weighted by atomic mass is 9.62. The molecular weight excluding hydrogens is 539 g/mol. The number of hydrogen-bond acceptors (Lipinski definition) is 4. The van der Waals surface area contributed by atoms with Crippen LogP contribution in [0.5, 0.6) is 11.5 Å². The number of nitrogens with one attached hydrogen (secondary N) is 1. The predicted molar refractivity (Wildman–Crippen MR) is 145 cm³/mol. The molecule has 1 saturated heterocycles. The van der Waals surface area contributed by atoms with Crippen molar-refractivity contribution in [3.63, 3.8) is 0 Å². The van der Waals surface area contributed by atoms with Crippen LogP contribution < -0.4 is 14.8 Å². The number of ether oxygens (including phenoxy) is 2. The zero-order valence-electron chi connectivity index (χ0n) is 22.7. The molecule has 1 aliphatic carbocycles. The minimum atomic E-state index is -4.53. The highest BCUT2D eigenvalue weighted by Crippen LogP contribution is 2.49. The second-order valence-electron chi connectivity index (χ2n) is 11.6. The van der Waals surface area contributed by atoms with Crippen molar-refractivity contribution in [3.8, 4) is 11.5 Å². The van der Waals surface area contributed by atoms with E-state index >= 15 is 8.78 Å². The van der Waals surface area contributed by atoms with Crippen LogP contribution in [0.2, 0.25) is 0 Å². The molecule has 3 aromatic carbocycles. The van der Waals surface area contributed by atoms with Crippen molar-refractivity contribution < 1.29 is 31.4 Å². The van der Waals surface area contributed by atoms with Crippen LogP contribution in [0.4, 0.5) is 22.0 Å². The van der Waals surface area contributed by atoms with E-state index in [9.17, 15) is 13.2 Å². The molecule has 218 valence electrons. The molecule has 1 spiro atoms. The van der Waals surface area contributed by atoms with E-state index in [0.717, 1.165) is 61.4 Å². The lowest BCUT2D eigenvalue weighted by Crippen LogP contribution is -2.49. The quantitative estimate of drug-likeness (QED) is 0.310. The molecule has 2 fully saturated rings. The Hall–Kier alpha value is -3.17. The molecule has 3 aliphatic rings. The minimum Gasteiger partial charge on any atom is -0.490 e. The Morgan fingerprint density at radius 2 is 1.61 bits per heavy atom. The Kier molecular flexibility index (Phi) is 7.68. The predicted octanol–water partition coefficient (Wildman–Crippen LogP) is 6.96. The summed E-state index contributed by atoms with van der Waals surface area (Å²) in [6.07, 6.45) is -0.558. The lowest BCUT2D eigenvalue weighted by Gasteiger charge is -2.49. The van der Waals surface area contributed by atoms with Gasteiger partial charge in [0.15, 0.2) is 0 Å². The highest BCUT2D eigenvalue weighted by molar-refractivity contribution is 5.46. The summed E-state index contributed by atoms with van der Waals surface area (Å²) in [5.41, 5.74) is 1.95. The van der Waals surface area contributed by atoms with E-state index in [-0.39, 0.29) is 23.8 Å². The molecule has 2 heterocycles. The molecule has 41 heavy (non-hydrogen) atoms. The smallest absolute Gasteiger partial charge is 0.401 e. The average molecular weight is 573 g/mol. The minimum absolute atomic E-state index is 0.00450. The molecule has 9 heteroatoms. The maximum atomic E-state index is 15.6. The van der Waals surface area contributed by atoms with Crippen LogP contribution in [0.25, 0.3) is 0 Å². The highest BCUT2D eigenvalue weighted by Gasteiger charge is 2.46. The average Bonchev–Trinajstić information content (AvgIpc) is 2.92.